The van der Waals surface area contributed by atoms with Crippen LogP contribution in [0.15, 0.2) is 16.5 Å². The van der Waals surface area contributed by atoms with Gasteiger partial charge >= 0.3 is 11.9 Å². The summed E-state index contributed by atoms with van der Waals surface area (Å²) in [5, 5.41) is 29.4. The predicted octanol–water partition coefficient (Wildman–Crippen LogP) is -0.637. The van der Waals surface area contributed by atoms with Crippen molar-refractivity contribution in [3.05, 3.63) is 28.0 Å². The fraction of sp³-hybridized carbons (Fsp3) is 0.250. The molecule has 0 spiro atoms. The van der Waals surface area contributed by atoms with Crippen LogP contribution in [0.2, 0.25) is 0 Å². The molecule has 0 fully saturated rings. The zero-order chi connectivity index (χ0) is 13.0. The molecule has 92 valence electrons. The first-order valence-corrected chi connectivity index (χ1v) is 4.34. The SMILES string of the molecule is O=C(NC(CO)C(=O)O)c1ccc([N+](=O)[O-])o1. The molecule has 1 unspecified atom stereocenters. The third-order valence-electron chi connectivity index (χ3n) is 1.78. The van der Waals surface area contributed by atoms with E-state index in [0.29, 0.717) is 0 Å². The number of rotatable bonds is 5. The van der Waals surface area contributed by atoms with E-state index in [2.05, 4.69) is 4.42 Å². The van der Waals surface area contributed by atoms with Crippen LogP contribution in [0.25, 0.3) is 0 Å². The van der Waals surface area contributed by atoms with Crippen molar-refractivity contribution in [3.8, 4) is 0 Å². The van der Waals surface area contributed by atoms with Crippen molar-refractivity contribution in [1.82, 2.24) is 5.32 Å². The van der Waals surface area contributed by atoms with Crippen LogP contribution in [0.1, 0.15) is 10.6 Å². The zero-order valence-electron chi connectivity index (χ0n) is 8.32. The Bertz CT molecular complexity index is 452. The van der Waals surface area contributed by atoms with Gasteiger partial charge in [-0.3, -0.25) is 14.9 Å². The summed E-state index contributed by atoms with van der Waals surface area (Å²) in [6, 6.07) is 0.500. The lowest BCUT2D eigenvalue weighted by molar-refractivity contribution is -0.402. The maximum Gasteiger partial charge on any atom is 0.433 e. The van der Waals surface area contributed by atoms with Gasteiger partial charge in [0.15, 0.2) is 11.8 Å². The molecule has 0 radical (unpaired) electrons. The van der Waals surface area contributed by atoms with Gasteiger partial charge in [0.25, 0.3) is 5.91 Å². The molecule has 1 heterocycles. The van der Waals surface area contributed by atoms with Gasteiger partial charge in [0.05, 0.1) is 12.7 Å². The Morgan fingerprint density at radius 3 is 2.59 bits per heavy atom. The van der Waals surface area contributed by atoms with Crippen LogP contribution in [0.4, 0.5) is 5.88 Å². The molecule has 17 heavy (non-hydrogen) atoms. The molecule has 0 bridgehead atoms. The van der Waals surface area contributed by atoms with E-state index in [1.807, 2.05) is 5.32 Å². The van der Waals surface area contributed by atoms with Gasteiger partial charge in [-0.2, -0.15) is 0 Å². The molecule has 0 saturated heterocycles. The summed E-state index contributed by atoms with van der Waals surface area (Å²) in [4.78, 5) is 31.3. The number of amides is 1. The van der Waals surface area contributed by atoms with Crippen LogP contribution in [-0.2, 0) is 4.79 Å². The maximum atomic E-state index is 11.4. The predicted molar refractivity (Wildman–Crippen MR) is 51.3 cm³/mol. The number of hydrogen-bond donors (Lipinski definition) is 3. The highest BCUT2D eigenvalue weighted by Gasteiger charge is 2.23. The maximum absolute atomic E-state index is 11.4. The normalized spacial score (nSPS) is 11.8. The summed E-state index contributed by atoms with van der Waals surface area (Å²) in [6.45, 7) is -0.802. The lowest BCUT2D eigenvalue weighted by atomic mass is 10.3. The van der Waals surface area contributed by atoms with E-state index < -0.39 is 41.1 Å². The number of carboxylic acid groups (broad SMARTS) is 1. The number of aliphatic hydroxyl groups is 1. The first-order valence-electron chi connectivity index (χ1n) is 4.34. The first-order chi connectivity index (χ1) is 7.95. The van der Waals surface area contributed by atoms with E-state index in [-0.39, 0.29) is 0 Å². The molecule has 0 saturated carbocycles. The van der Waals surface area contributed by atoms with Crippen molar-refractivity contribution < 1.29 is 29.1 Å². The van der Waals surface area contributed by atoms with E-state index >= 15 is 0 Å². The molecular weight excluding hydrogens is 236 g/mol. The second kappa shape index (κ2) is 5.07. The quantitative estimate of drug-likeness (QED) is 0.461. The summed E-state index contributed by atoms with van der Waals surface area (Å²) in [5.74, 6) is -3.43. The number of hydrogen-bond acceptors (Lipinski definition) is 6. The highest BCUT2D eigenvalue weighted by molar-refractivity contribution is 5.94. The lowest BCUT2D eigenvalue weighted by Gasteiger charge is -2.09. The minimum atomic E-state index is -1.49. The standard InChI is InChI=1S/C8H8N2O7/c11-3-4(8(13)14)9-7(12)5-1-2-6(17-5)10(15)16/h1-2,4,11H,3H2,(H,9,12)(H,13,14). The molecule has 1 amide bonds. The van der Waals surface area contributed by atoms with Gasteiger partial charge in [0, 0.05) is 0 Å². The van der Waals surface area contributed by atoms with Gasteiger partial charge in [-0.05, 0) is 6.07 Å². The molecule has 0 aromatic carbocycles. The van der Waals surface area contributed by atoms with Gasteiger partial charge in [0.2, 0.25) is 0 Å². The molecule has 1 rings (SSSR count). The Morgan fingerprint density at radius 2 is 2.18 bits per heavy atom. The summed E-state index contributed by atoms with van der Waals surface area (Å²) in [5.41, 5.74) is 0. The Balaban J connectivity index is 2.75. The topological polar surface area (TPSA) is 143 Å². The van der Waals surface area contributed by atoms with Crippen LogP contribution >= 0.6 is 0 Å². The first kappa shape index (κ1) is 12.6. The van der Waals surface area contributed by atoms with E-state index in [1.54, 1.807) is 0 Å². The average Bonchev–Trinajstić information content (AvgIpc) is 2.74. The van der Waals surface area contributed by atoms with E-state index in [9.17, 15) is 19.7 Å². The fourth-order valence-corrected chi connectivity index (χ4v) is 0.963. The van der Waals surface area contributed by atoms with Gasteiger partial charge in [0.1, 0.15) is 4.92 Å². The Morgan fingerprint density at radius 1 is 1.53 bits per heavy atom. The number of aliphatic hydroxyl groups excluding tert-OH is 1. The number of carboxylic acids is 1. The van der Waals surface area contributed by atoms with E-state index in [4.69, 9.17) is 10.2 Å². The Labute approximate surface area is 93.8 Å². The van der Waals surface area contributed by atoms with Crippen LogP contribution in [-0.4, -0.2) is 39.7 Å². The monoisotopic (exact) mass is 244 g/mol. The van der Waals surface area contributed by atoms with E-state index in [1.165, 1.54) is 0 Å². The zero-order valence-corrected chi connectivity index (χ0v) is 8.32. The van der Waals surface area contributed by atoms with Gasteiger partial charge in [-0.1, -0.05) is 0 Å². The molecule has 3 N–H and O–H groups in total. The number of nitrogens with one attached hydrogen (secondary N) is 1. The summed E-state index contributed by atoms with van der Waals surface area (Å²) in [7, 11) is 0. The number of carbonyl (C=O) groups excluding carboxylic acids is 1. The van der Waals surface area contributed by atoms with Crippen molar-refractivity contribution in [2.75, 3.05) is 6.61 Å². The number of furan rings is 1. The number of aliphatic carboxylic acids is 1. The fourth-order valence-electron chi connectivity index (χ4n) is 0.963. The molecule has 0 aliphatic rings. The largest absolute Gasteiger partial charge is 0.480 e. The Hall–Kier alpha value is -2.42. The van der Waals surface area contributed by atoms with Crippen LogP contribution in [0, 0.1) is 10.1 Å². The minimum absolute atomic E-state index is 0.406. The van der Waals surface area contributed by atoms with Crippen LogP contribution < -0.4 is 5.32 Å². The van der Waals surface area contributed by atoms with Crippen LogP contribution in [0.5, 0.6) is 0 Å². The smallest absolute Gasteiger partial charge is 0.433 e. The molecule has 1 atom stereocenters. The second-order valence-electron chi connectivity index (χ2n) is 2.94. The highest BCUT2D eigenvalue weighted by atomic mass is 16.6. The molecular formula is C8H8N2O7. The third kappa shape index (κ3) is 3.01. The second-order valence-corrected chi connectivity index (χ2v) is 2.94. The Kier molecular flexibility index (Phi) is 3.78. The van der Waals surface area contributed by atoms with Gasteiger partial charge in [-0.25, -0.2) is 4.79 Å². The summed E-state index contributed by atoms with van der Waals surface area (Å²) >= 11 is 0. The van der Waals surface area contributed by atoms with Crippen molar-refractivity contribution >= 4 is 17.8 Å². The average molecular weight is 244 g/mol. The summed E-state index contributed by atoms with van der Waals surface area (Å²) in [6.07, 6.45) is 0. The molecule has 9 heteroatoms. The minimum Gasteiger partial charge on any atom is -0.480 e. The molecule has 1 aromatic rings. The van der Waals surface area contributed by atoms with Crippen molar-refractivity contribution in [2.45, 2.75) is 6.04 Å². The molecule has 1 aromatic heterocycles. The molecule has 9 nitrogen and oxygen atoms in total. The van der Waals surface area contributed by atoms with E-state index in [0.717, 1.165) is 12.1 Å². The third-order valence-corrected chi connectivity index (χ3v) is 1.78. The lowest BCUT2D eigenvalue weighted by Crippen LogP contribution is -2.43. The van der Waals surface area contributed by atoms with Crippen molar-refractivity contribution in [3.63, 3.8) is 0 Å². The van der Waals surface area contributed by atoms with Crippen molar-refractivity contribution in [1.29, 1.82) is 0 Å². The van der Waals surface area contributed by atoms with Gasteiger partial charge in [-0.15, -0.1) is 0 Å². The molecule has 0 aliphatic heterocycles. The number of carbonyl (C=O) groups is 2. The molecule has 0 aliphatic carbocycles. The number of nitro groups is 1. The van der Waals surface area contributed by atoms with Crippen molar-refractivity contribution in [2.24, 2.45) is 0 Å². The number of nitrogens with zero attached hydrogens (tertiary/aromatic N) is 1. The highest BCUT2D eigenvalue weighted by Crippen LogP contribution is 2.15. The summed E-state index contributed by atoms with van der Waals surface area (Å²) < 4.78 is 4.55. The van der Waals surface area contributed by atoms with Crippen LogP contribution in [0.3, 0.4) is 0 Å². The van der Waals surface area contributed by atoms with Gasteiger partial charge < -0.3 is 19.9 Å².